The summed E-state index contributed by atoms with van der Waals surface area (Å²) in [5.74, 6) is -1.83. The van der Waals surface area contributed by atoms with Crippen LogP contribution in [0, 0.1) is 11.7 Å². The van der Waals surface area contributed by atoms with E-state index in [0.717, 1.165) is 0 Å². The molecule has 1 aromatic rings. The second kappa shape index (κ2) is 7.95. The predicted molar refractivity (Wildman–Crippen MR) is 123 cm³/mol. The fourth-order valence-corrected chi connectivity index (χ4v) is 6.00. The molecule has 2 aliphatic rings. The van der Waals surface area contributed by atoms with Crippen LogP contribution >= 0.6 is 0 Å². The Morgan fingerprint density at radius 3 is 2.28 bits per heavy atom. The van der Waals surface area contributed by atoms with Crippen molar-refractivity contribution in [3.8, 4) is 0 Å². The summed E-state index contributed by atoms with van der Waals surface area (Å²) in [6.07, 6.45) is -0.379. The van der Waals surface area contributed by atoms with Gasteiger partial charge in [-0.1, -0.05) is 27.7 Å². The summed E-state index contributed by atoms with van der Waals surface area (Å²) in [6.45, 7) is 14.3. The average molecular weight is 464 g/mol. The number of benzene rings is 1. The van der Waals surface area contributed by atoms with E-state index in [4.69, 9.17) is 10.2 Å². The molecule has 1 aromatic carbocycles. The summed E-state index contributed by atoms with van der Waals surface area (Å²) >= 11 is 0. The Morgan fingerprint density at radius 2 is 1.81 bits per heavy atom. The van der Waals surface area contributed by atoms with Crippen LogP contribution in [0.5, 0.6) is 0 Å². The maximum Gasteiger partial charge on any atom is 0.251 e. The molecule has 3 amide bonds. The number of carbonyl (C=O) groups excluding carboxylic acids is 3. The summed E-state index contributed by atoms with van der Waals surface area (Å²) in [5.41, 5.74) is 5.10. The van der Waals surface area contributed by atoms with E-state index >= 15 is 0 Å². The van der Waals surface area contributed by atoms with Gasteiger partial charge in [0, 0.05) is 12.1 Å². The van der Waals surface area contributed by atoms with Crippen LogP contribution in [0.3, 0.4) is 0 Å². The zero-order chi connectivity index (χ0) is 24.2. The van der Waals surface area contributed by atoms with E-state index in [1.807, 2.05) is 6.92 Å². The molecule has 176 valence electrons. The Morgan fingerprint density at radius 1 is 1.25 bits per heavy atom. The molecule has 2 aliphatic heterocycles. The number of hydrogen-bond acceptors (Lipinski definition) is 4. The molecule has 0 aromatic heterocycles. The van der Waals surface area contributed by atoms with Gasteiger partial charge in [-0.2, -0.15) is 0 Å². The van der Waals surface area contributed by atoms with Gasteiger partial charge in [-0.05, 0) is 55.2 Å². The lowest BCUT2D eigenvalue weighted by atomic mass is 9.76. The summed E-state index contributed by atoms with van der Waals surface area (Å²) in [5, 5.41) is -0.0740. The molecule has 0 radical (unpaired) electrons. The molecule has 3 unspecified atom stereocenters. The van der Waals surface area contributed by atoms with Gasteiger partial charge in [-0.3, -0.25) is 19.3 Å². The first-order chi connectivity index (χ1) is 14.6. The molecule has 9 heteroatoms. The molecule has 2 heterocycles. The lowest BCUT2D eigenvalue weighted by Crippen LogP contribution is -2.79. The molecule has 2 N–H and O–H groups in total. The van der Waals surface area contributed by atoms with Crippen molar-refractivity contribution < 1.29 is 23.2 Å². The Balaban J connectivity index is 1.90. The van der Waals surface area contributed by atoms with Crippen LogP contribution in [-0.4, -0.2) is 55.2 Å². The number of hydrogen-bond donors (Lipinski definition) is 1. The second-order valence-electron chi connectivity index (χ2n) is 10.6. The highest BCUT2D eigenvalue weighted by Gasteiger charge is 2.67. The molecule has 0 aliphatic carbocycles. The maximum atomic E-state index is 13.6. The number of nitrogens with zero attached hydrogens (tertiary/aromatic N) is 2. The quantitative estimate of drug-likeness (QED) is 0.518. The van der Waals surface area contributed by atoms with E-state index in [1.54, 1.807) is 6.92 Å². The summed E-state index contributed by atoms with van der Waals surface area (Å²) < 4.78 is 19.8. The predicted octanol–water partition coefficient (Wildman–Crippen LogP) is 3.04. The highest BCUT2D eigenvalue weighted by Crippen LogP contribution is 2.47. The van der Waals surface area contributed by atoms with Gasteiger partial charge in [0.2, 0.25) is 11.8 Å². The molecule has 3 rings (SSSR count). The van der Waals surface area contributed by atoms with Gasteiger partial charge >= 0.3 is 0 Å². The van der Waals surface area contributed by atoms with Crippen LogP contribution in [0.2, 0.25) is 18.1 Å². The SMILES string of the molecule is CC1CC(=O)N(c2ccc(F)cc2)C12CN(C(C(N)=O)[C@@H](C)O[Si](C)(C)C(C)(C)C)C2=O. The van der Waals surface area contributed by atoms with E-state index in [0.29, 0.717) is 5.69 Å². The number of anilines is 1. The normalized spacial score (nSPS) is 25.8. The van der Waals surface area contributed by atoms with Crippen LogP contribution < -0.4 is 10.6 Å². The van der Waals surface area contributed by atoms with Crippen LogP contribution in [0.25, 0.3) is 0 Å². The largest absolute Gasteiger partial charge is 0.412 e. The van der Waals surface area contributed by atoms with E-state index in [-0.39, 0.29) is 35.7 Å². The minimum atomic E-state index is -2.21. The minimum absolute atomic E-state index is 0.0740. The number of β-lactam (4-membered cyclic amide) rings is 1. The molecule has 0 saturated carbocycles. The number of rotatable bonds is 6. The zero-order valence-corrected chi connectivity index (χ0v) is 20.9. The number of likely N-dealkylation sites (tertiary alicyclic amines) is 1. The first-order valence-corrected chi connectivity index (χ1v) is 13.9. The Hall–Kier alpha value is -2.26. The van der Waals surface area contributed by atoms with Crippen LogP contribution in [0.1, 0.15) is 41.0 Å². The van der Waals surface area contributed by atoms with Gasteiger partial charge < -0.3 is 15.1 Å². The fraction of sp³-hybridized carbons (Fsp3) is 0.609. The fourth-order valence-electron chi connectivity index (χ4n) is 4.59. The van der Waals surface area contributed by atoms with Crippen molar-refractivity contribution in [2.24, 2.45) is 11.7 Å². The molecule has 2 fully saturated rings. The van der Waals surface area contributed by atoms with Gasteiger partial charge in [0.15, 0.2) is 8.32 Å². The number of primary amides is 1. The monoisotopic (exact) mass is 463 g/mol. The average Bonchev–Trinajstić information content (AvgIpc) is 2.92. The molecular formula is C23H34FN3O4Si. The first-order valence-electron chi connectivity index (χ1n) is 11.0. The first kappa shape index (κ1) is 24.4. The minimum Gasteiger partial charge on any atom is -0.412 e. The van der Waals surface area contributed by atoms with Crippen molar-refractivity contribution in [2.45, 2.75) is 76.9 Å². The van der Waals surface area contributed by atoms with Gasteiger partial charge in [0.1, 0.15) is 17.4 Å². The Kier molecular flexibility index (Phi) is 6.06. The van der Waals surface area contributed by atoms with Gasteiger partial charge in [-0.25, -0.2) is 4.39 Å². The molecule has 2 saturated heterocycles. The standard InChI is InChI=1S/C23H34FN3O4Si/c1-14-12-18(28)27(17-10-8-16(24)9-11-17)23(14)13-26(21(23)30)19(20(25)29)15(2)31-32(6,7)22(3,4)5/h8-11,14-15,19H,12-13H2,1-7H3,(H2,25,29)/t14?,15-,19?,23?/m1/s1. The summed E-state index contributed by atoms with van der Waals surface area (Å²) in [6, 6.07) is 4.60. The van der Waals surface area contributed by atoms with E-state index in [2.05, 4.69) is 33.9 Å². The lowest BCUT2D eigenvalue weighted by molar-refractivity contribution is -0.163. The Labute approximate surface area is 190 Å². The molecule has 0 bridgehead atoms. The van der Waals surface area contributed by atoms with Crippen molar-refractivity contribution >= 4 is 31.7 Å². The number of carbonyl (C=O) groups is 3. The Bertz CT molecular complexity index is 930. The van der Waals surface area contributed by atoms with E-state index in [9.17, 15) is 18.8 Å². The van der Waals surface area contributed by atoms with Gasteiger partial charge in [0.05, 0.1) is 12.6 Å². The van der Waals surface area contributed by atoms with Crippen molar-refractivity contribution in [1.29, 1.82) is 0 Å². The smallest absolute Gasteiger partial charge is 0.251 e. The summed E-state index contributed by atoms with van der Waals surface area (Å²) in [7, 11) is -2.21. The zero-order valence-electron chi connectivity index (χ0n) is 19.9. The number of amides is 3. The van der Waals surface area contributed by atoms with Crippen LogP contribution in [-0.2, 0) is 18.8 Å². The number of halogens is 1. The van der Waals surface area contributed by atoms with E-state index in [1.165, 1.54) is 34.1 Å². The van der Waals surface area contributed by atoms with E-state index < -0.39 is 37.7 Å². The van der Waals surface area contributed by atoms with Crippen molar-refractivity contribution in [1.82, 2.24) is 4.90 Å². The third-order valence-electron chi connectivity index (χ3n) is 7.43. The van der Waals surface area contributed by atoms with Crippen molar-refractivity contribution in [3.63, 3.8) is 0 Å². The highest BCUT2D eigenvalue weighted by atomic mass is 28.4. The van der Waals surface area contributed by atoms with Crippen molar-refractivity contribution in [3.05, 3.63) is 30.1 Å². The van der Waals surface area contributed by atoms with Gasteiger partial charge in [-0.15, -0.1) is 0 Å². The third-order valence-corrected chi connectivity index (χ3v) is 12.0. The molecular weight excluding hydrogens is 429 g/mol. The molecule has 7 nitrogen and oxygen atoms in total. The molecule has 32 heavy (non-hydrogen) atoms. The van der Waals surface area contributed by atoms with Crippen molar-refractivity contribution in [2.75, 3.05) is 11.4 Å². The van der Waals surface area contributed by atoms with Crippen LogP contribution in [0.4, 0.5) is 10.1 Å². The van der Waals surface area contributed by atoms with Gasteiger partial charge in [0.25, 0.3) is 5.91 Å². The molecule has 4 atom stereocenters. The number of nitrogens with two attached hydrogens (primary N) is 1. The summed E-state index contributed by atoms with van der Waals surface area (Å²) in [4.78, 5) is 41.8. The lowest BCUT2D eigenvalue weighted by Gasteiger charge is -2.56. The topological polar surface area (TPSA) is 92.9 Å². The highest BCUT2D eigenvalue weighted by molar-refractivity contribution is 6.74. The molecule has 1 spiro atoms. The third kappa shape index (κ3) is 3.75. The second-order valence-corrected chi connectivity index (χ2v) is 15.4. The van der Waals surface area contributed by atoms with Crippen LogP contribution in [0.15, 0.2) is 24.3 Å². The maximum absolute atomic E-state index is 13.6.